The number of rotatable bonds is 2. The lowest BCUT2D eigenvalue weighted by Crippen LogP contribution is -2.08. The highest BCUT2D eigenvalue weighted by atomic mass is 35.5. The minimum Gasteiger partial charge on any atom is -0.357 e. The summed E-state index contributed by atoms with van der Waals surface area (Å²) in [5, 5.41) is 1.42. The molecular formula is C13H13Cl2NO. The zero-order valence-corrected chi connectivity index (χ0v) is 11.2. The van der Waals surface area contributed by atoms with E-state index >= 15 is 0 Å². The van der Waals surface area contributed by atoms with Gasteiger partial charge >= 0.3 is 0 Å². The first-order chi connectivity index (χ1) is 7.99. The number of hydrogen-bond donors (Lipinski definition) is 1. The van der Waals surface area contributed by atoms with E-state index in [1.807, 2.05) is 0 Å². The molecule has 0 bridgehead atoms. The number of pyridine rings is 1. The summed E-state index contributed by atoms with van der Waals surface area (Å²) in [6.07, 6.45) is 0.814. The van der Waals surface area contributed by atoms with Crippen molar-refractivity contribution in [3.63, 3.8) is 0 Å². The molecule has 0 aliphatic carbocycles. The van der Waals surface area contributed by atoms with Crippen molar-refractivity contribution in [2.45, 2.75) is 20.3 Å². The molecule has 2 aromatic rings. The molecule has 2 nitrogen and oxygen atoms in total. The Morgan fingerprint density at radius 1 is 1.24 bits per heavy atom. The number of aromatic nitrogens is 1. The first kappa shape index (κ1) is 12.5. The van der Waals surface area contributed by atoms with Gasteiger partial charge < -0.3 is 4.98 Å². The first-order valence-corrected chi connectivity index (χ1v) is 6.24. The van der Waals surface area contributed by atoms with Gasteiger partial charge in [-0.05, 0) is 24.5 Å². The summed E-state index contributed by atoms with van der Waals surface area (Å²) in [5.74, 6) is 0.473. The standard InChI is InChI=1S/C13H13Cl2NO/c1-7(2)5-8-6-11(17)12-9(14)3-4-10(15)13(12)16-8/h3-4,6-7H,5H2,1-2H3,(H,16,17). The molecule has 0 radical (unpaired) electrons. The summed E-state index contributed by atoms with van der Waals surface area (Å²) in [6, 6.07) is 4.94. The Bertz CT molecular complexity index is 617. The Hall–Kier alpha value is -0.990. The van der Waals surface area contributed by atoms with E-state index in [4.69, 9.17) is 23.2 Å². The Balaban J connectivity index is 2.73. The van der Waals surface area contributed by atoms with Crippen molar-refractivity contribution in [2.24, 2.45) is 5.92 Å². The fourth-order valence-electron chi connectivity index (χ4n) is 1.89. The lowest BCUT2D eigenvalue weighted by Gasteiger charge is -2.08. The average Bonchev–Trinajstić information content (AvgIpc) is 2.22. The van der Waals surface area contributed by atoms with Gasteiger partial charge in [-0.2, -0.15) is 0 Å². The van der Waals surface area contributed by atoms with Crippen LogP contribution in [0, 0.1) is 5.92 Å². The molecule has 1 aromatic carbocycles. The summed E-state index contributed by atoms with van der Waals surface area (Å²) >= 11 is 12.1. The fourth-order valence-corrected chi connectivity index (χ4v) is 2.35. The van der Waals surface area contributed by atoms with Crippen LogP contribution in [0.1, 0.15) is 19.5 Å². The maximum Gasteiger partial charge on any atom is 0.191 e. The normalized spacial score (nSPS) is 11.4. The quantitative estimate of drug-likeness (QED) is 0.877. The van der Waals surface area contributed by atoms with Crippen molar-refractivity contribution in [3.8, 4) is 0 Å². The van der Waals surface area contributed by atoms with Crippen molar-refractivity contribution >= 4 is 34.1 Å². The number of halogens is 2. The third-order valence-electron chi connectivity index (χ3n) is 2.57. The summed E-state index contributed by atoms with van der Waals surface area (Å²) in [7, 11) is 0. The van der Waals surface area contributed by atoms with Crippen LogP contribution in [-0.4, -0.2) is 4.98 Å². The Labute approximate surface area is 110 Å². The van der Waals surface area contributed by atoms with E-state index in [-0.39, 0.29) is 5.43 Å². The molecule has 90 valence electrons. The van der Waals surface area contributed by atoms with Crippen molar-refractivity contribution in [2.75, 3.05) is 0 Å². The van der Waals surface area contributed by atoms with Gasteiger partial charge in [0.25, 0.3) is 0 Å². The largest absolute Gasteiger partial charge is 0.357 e. The van der Waals surface area contributed by atoms with Crippen LogP contribution in [0.3, 0.4) is 0 Å². The monoisotopic (exact) mass is 269 g/mol. The molecule has 0 saturated carbocycles. The van der Waals surface area contributed by atoms with Crippen molar-refractivity contribution < 1.29 is 0 Å². The molecule has 0 spiro atoms. The molecule has 0 aliphatic heterocycles. The van der Waals surface area contributed by atoms with Crippen molar-refractivity contribution in [3.05, 3.63) is 44.2 Å². The van der Waals surface area contributed by atoms with Crippen LogP contribution in [0.5, 0.6) is 0 Å². The van der Waals surface area contributed by atoms with Crippen molar-refractivity contribution in [1.29, 1.82) is 0 Å². The fraction of sp³-hybridized carbons (Fsp3) is 0.308. The van der Waals surface area contributed by atoms with E-state index in [0.29, 0.717) is 26.9 Å². The molecule has 0 unspecified atom stereocenters. The lowest BCUT2D eigenvalue weighted by molar-refractivity contribution is 0.636. The van der Waals surface area contributed by atoms with E-state index in [1.54, 1.807) is 18.2 Å². The van der Waals surface area contributed by atoms with E-state index in [2.05, 4.69) is 18.8 Å². The zero-order valence-electron chi connectivity index (χ0n) is 9.68. The summed E-state index contributed by atoms with van der Waals surface area (Å²) in [6.45, 7) is 4.20. The minimum atomic E-state index is -0.0816. The molecule has 0 aliphatic rings. The number of nitrogens with one attached hydrogen (secondary N) is 1. The van der Waals surface area contributed by atoms with E-state index < -0.39 is 0 Å². The lowest BCUT2D eigenvalue weighted by atomic mass is 10.1. The number of aromatic amines is 1. The van der Waals surface area contributed by atoms with E-state index in [1.165, 1.54) is 0 Å². The maximum absolute atomic E-state index is 12.0. The van der Waals surface area contributed by atoms with Gasteiger partial charge in [-0.3, -0.25) is 4.79 Å². The molecule has 0 atom stereocenters. The minimum absolute atomic E-state index is 0.0816. The summed E-state index contributed by atoms with van der Waals surface area (Å²) in [4.78, 5) is 15.2. The highest BCUT2D eigenvalue weighted by Crippen LogP contribution is 2.26. The van der Waals surface area contributed by atoms with Crippen LogP contribution in [0.25, 0.3) is 10.9 Å². The smallest absolute Gasteiger partial charge is 0.191 e. The van der Waals surface area contributed by atoms with Crippen LogP contribution in [0.2, 0.25) is 10.0 Å². The van der Waals surface area contributed by atoms with Gasteiger partial charge in [-0.1, -0.05) is 37.0 Å². The molecule has 0 amide bonds. The third-order valence-corrected chi connectivity index (χ3v) is 3.20. The second kappa shape index (κ2) is 4.71. The SMILES string of the molecule is CC(C)Cc1cc(=O)c2c(Cl)ccc(Cl)c2[nH]1. The van der Waals surface area contributed by atoms with E-state index in [0.717, 1.165) is 12.1 Å². The van der Waals surface area contributed by atoms with Crippen LogP contribution >= 0.6 is 23.2 Å². The molecule has 1 N–H and O–H groups in total. The van der Waals surface area contributed by atoms with Crippen LogP contribution in [0.15, 0.2) is 23.0 Å². The summed E-state index contributed by atoms with van der Waals surface area (Å²) in [5.41, 5.74) is 1.44. The molecule has 2 rings (SSSR count). The van der Waals surface area contributed by atoms with Gasteiger partial charge in [0, 0.05) is 11.8 Å². The van der Waals surface area contributed by atoms with Gasteiger partial charge in [0.15, 0.2) is 5.43 Å². The number of hydrogen-bond acceptors (Lipinski definition) is 1. The molecule has 17 heavy (non-hydrogen) atoms. The second-order valence-corrected chi connectivity index (χ2v) is 5.35. The third kappa shape index (κ3) is 2.48. The maximum atomic E-state index is 12.0. The Morgan fingerprint density at radius 3 is 2.53 bits per heavy atom. The van der Waals surface area contributed by atoms with Gasteiger partial charge in [0.05, 0.1) is 20.9 Å². The number of H-pyrrole nitrogens is 1. The van der Waals surface area contributed by atoms with Crippen LogP contribution in [-0.2, 0) is 6.42 Å². The number of benzene rings is 1. The molecule has 0 fully saturated rings. The highest BCUT2D eigenvalue weighted by molar-refractivity contribution is 6.39. The van der Waals surface area contributed by atoms with Crippen LogP contribution in [0.4, 0.5) is 0 Å². The van der Waals surface area contributed by atoms with Crippen LogP contribution < -0.4 is 5.43 Å². The van der Waals surface area contributed by atoms with Gasteiger partial charge in [-0.25, -0.2) is 0 Å². The topological polar surface area (TPSA) is 32.9 Å². The Morgan fingerprint density at radius 2 is 1.88 bits per heavy atom. The highest BCUT2D eigenvalue weighted by Gasteiger charge is 2.09. The van der Waals surface area contributed by atoms with Gasteiger partial charge in [0.1, 0.15) is 0 Å². The zero-order chi connectivity index (χ0) is 12.6. The molecule has 4 heteroatoms. The average molecular weight is 270 g/mol. The predicted octanol–water partition coefficient (Wildman–Crippen LogP) is 4.03. The second-order valence-electron chi connectivity index (χ2n) is 4.54. The molecule has 1 aromatic heterocycles. The Kier molecular flexibility index (Phi) is 3.45. The molecule has 1 heterocycles. The molecule has 0 saturated heterocycles. The van der Waals surface area contributed by atoms with Gasteiger partial charge in [0.2, 0.25) is 0 Å². The number of fused-ring (bicyclic) bond motifs is 1. The van der Waals surface area contributed by atoms with Crippen molar-refractivity contribution in [1.82, 2.24) is 4.98 Å². The predicted molar refractivity (Wildman–Crippen MR) is 73.1 cm³/mol. The molecular weight excluding hydrogens is 257 g/mol. The van der Waals surface area contributed by atoms with E-state index in [9.17, 15) is 4.79 Å². The first-order valence-electron chi connectivity index (χ1n) is 5.49. The summed E-state index contributed by atoms with van der Waals surface area (Å²) < 4.78 is 0. The van der Waals surface area contributed by atoms with Gasteiger partial charge in [-0.15, -0.1) is 0 Å².